The van der Waals surface area contributed by atoms with Crippen LogP contribution in [0.1, 0.15) is 79.2 Å². The molecule has 1 aromatic carbocycles. The number of nitrogens with two attached hydrogens (primary N) is 1. The SMILES string of the molecule is COCCCOc1cc(CC(CC2C(CC(C(=O)NCC(C)(C)C(N)=O)C(C)C)OCN2C(=O)OCOC(=O)OC2CCN(C)CC2)C(C)C)ccc1OC. The van der Waals surface area contributed by atoms with Gasteiger partial charge in [0.05, 0.1) is 31.3 Å². The Hall–Kier alpha value is -3.82. The number of carbonyl (C=O) groups is 4. The van der Waals surface area contributed by atoms with E-state index in [-0.39, 0.29) is 43.0 Å². The highest BCUT2D eigenvalue weighted by Gasteiger charge is 2.43. The molecule has 4 atom stereocenters. The van der Waals surface area contributed by atoms with Gasteiger partial charge in [-0.25, -0.2) is 9.59 Å². The van der Waals surface area contributed by atoms with Gasteiger partial charge in [0, 0.05) is 45.7 Å². The zero-order chi connectivity index (χ0) is 40.7. The van der Waals surface area contributed by atoms with Crippen LogP contribution in [0.3, 0.4) is 0 Å². The number of rotatable bonds is 21. The highest BCUT2D eigenvalue weighted by molar-refractivity contribution is 5.83. The minimum atomic E-state index is -0.924. The minimum Gasteiger partial charge on any atom is -0.493 e. The number of hydrogen-bond donors (Lipinski definition) is 2. The Balaban J connectivity index is 1.79. The summed E-state index contributed by atoms with van der Waals surface area (Å²) in [5, 5.41) is 2.91. The van der Waals surface area contributed by atoms with E-state index in [2.05, 4.69) is 24.1 Å². The lowest BCUT2D eigenvalue weighted by atomic mass is 9.80. The van der Waals surface area contributed by atoms with Gasteiger partial charge < -0.3 is 49.1 Å². The summed E-state index contributed by atoms with van der Waals surface area (Å²) in [6.45, 7) is 13.7. The normalized spacial score (nSPS) is 19.2. The fourth-order valence-corrected chi connectivity index (χ4v) is 6.77. The van der Waals surface area contributed by atoms with Gasteiger partial charge >= 0.3 is 12.2 Å². The lowest BCUT2D eigenvalue weighted by Crippen LogP contribution is -2.47. The van der Waals surface area contributed by atoms with Gasteiger partial charge in [0.25, 0.3) is 0 Å². The van der Waals surface area contributed by atoms with Crippen LogP contribution in [0.4, 0.5) is 9.59 Å². The average Bonchev–Trinajstić information content (AvgIpc) is 3.53. The first kappa shape index (κ1) is 45.6. The van der Waals surface area contributed by atoms with Gasteiger partial charge in [-0.15, -0.1) is 0 Å². The second-order valence-electron chi connectivity index (χ2n) is 16.1. The molecule has 3 rings (SSSR count). The lowest BCUT2D eigenvalue weighted by Gasteiger charge is -2.33. The molecule has 4 unspecified atom stereocenters. The van der Waals surface area contributed by atoms with Crippen molar-refractivity contribution >= 4 is 24.1 Å². The van der Waals surface area contributed by atoms with E-state index < -0.39 is 48.4 Å². The summed E-state index contributed by atoms with van der Waals surface area (Å²) in [5.41, 5.74) is 5.67. The summed E-state index contributed by atoms with van der Waals surface area (Å²) < 4.78 is 39.0. The Morgan fingerprint density at radius 3 is 2.31 bits per heavy atom. The Bertz CT molecular complexity index is 1380. The van der Waals surface area contributed by atoms with Gasteiger partial charge in [0.1, 0.15) is 12.8 Å². The number of likely N-dealkylation sites (tertiary alicyclic amines) is 1. The van der Waals surface area contributed by atoms with Crippen molar-refractivity contribution in [3.63, 3.8) is 0 Å². The Morgan fingerprint density at radius 2 is 1.69 bits per heavy atom. The third-order valence-corrected chi connectivity index (χ3v) is 10.7. The molecular formula is C40H66N4O11. The molecule has 15 heteroatoms. The summed E-state index contributed by atoms with van der Waals surface area (Å²) in [5.74, 6) is 0.257. The number of carbonyl (C=O) groups excluding carboxylic acids is 4. The molecule has 312 valence electrons. The van der Waals surface area contributed by atoms with Gasteiger partial charge in [-0.3, -0.25) is 14.5 Å². The molecule has 0 bridgehead atoms. The van der Waals surface area contributed by atoms with Crippen LogP contribution in [-0.2, 0) is 39.7 Å². The number of piperidine rings is 1. The van der Waals surface area contributed by atoms with E-state index in [1.165, 1.54) is 4.90 Å². The molecule has 1 aromatic rings. The first-order valence-corrected chi connectivity index (χ1v) is 19.5. The van der Waals surface area contributed by atoms with E-state index in [1.807, 2.05) is 39.1 Å². The highest BCUT2D eigenvalue weighted by atomic mass is 16.8. The number of primary amides is 1. The van der Waals surface area contributed by atoms with Crippen LogP contribution in [0.15, 0.2) is 18.2 Å². The molecule has 3 amide bonds. The second-order valence-corrected chi connectivity index (χ2v) is 16.1. The summed E-state index contributed by atoms with van der Waals surface area (Å²) in [7, 11) is 5.27. The standard InChI is InChI=1S/C40H66N4O11/c1-26(2)29(19-28-11-12-33(50-9)35(20-28)51-18-10-17-49-8)21-32-34(22-31(27(3)4)36(45)42-23-40(5,6)37(41)46)52-24-44(32)38(47)53-25-54-39(48)55-30-13-15-43(7)16-14-30/h11-12,20,26-27,29-32,34H,10,13-19,21-25H2,1-9H3,(H2,41,46)(H,42,45). The highest BCUT2D eigenvalue weighted by Crippen LogP contribution is 2.36. The van der Waals surface area contributed by atoms with Crippen molar-refractivity contribution in [3.05, 3.63) is 23.8 Å². The van der Waals surface area contributed by atoms with Crippen LogP contribution in [0, 0.1) is 29.1 Å². The molecule has 0 aromatic heterocycles. The van der Waals surface area contributed by atoms with E-state index in [0.717, 1.165) is 25.1 Å². The first-order chi connectivity index (χ1) is 26.1. The molecule has 2 aliphatic heterocycles. The molecule has 15 nitrogen and oxygen atoms in total. The summed E-state index contributed by atoms with van der Waals surface area (Å²) >= 11 is 0. The average molecular weight is 779 g/mol. The predicted molar refractivity (Wildman–Crippen MR) is 205 cm³/mol. The van der Waals surface area contributed by atoms with E-state index in [0.29, 0.717) is 56.8 Å². The zero-order valence-corrected chi connectivity index (χ0v) is 34.4. The molecule has 2 saturated heterocycles. The van der Waals surface area contributed by atoms with Crippen molar-refractivity contribution in [2.24, 2.45) is 34.8 Å². The smallest absolute Gasteiger partial charge is 0.493 e. The molecule has 2 fully saturated rings. The van der Waals surface area contributed by atoms with Crippen molar-refractivity contribution in [2.75, 3.05) is 67.6 Å². The minimum absolute atomic E-state index is 0.0673. The molecule has 3 N–H and O–H groups in total. The number of benzene rings is 1. The molecular weight excluding hydrogens is 712 g/mol. The zero-order valence-electron chi connectivity index (χ0n) is 34.4. The predicted octanol–water partition coefficient (Wildman–Crippen LogP) is 4.97. The number of nitrogens with zero attached hydrogens (tertiary/aromatic N) is 2. The van der Waals surface area contributed by atoms with Gasteiger partial charge in [-0.1, -0.05) is 33.8 Å². The van der Waals surface area contributed by atoms with Crippen LogP contribution in [-0.4, -0.2) is 120 Å². The maximum atomic E-state index is 13.6. The maximum Gasteiger partial charge on any atom is 0.511 e. The molecule has 2 aliphatic rings. The summed E-state index contributed by atoms with van der Waals surface area (Å²) in [6, 6.07) is 5.43. The van der Waals surface area contributed by atoms with Gasteiger partial charge in [-0.2, -0.15) is 0 Å². The molecule has 0 aliphatic carbocycles. The third-order valence-electron chi connectivity index (χ3n) is 10.7. The van der Waals surface area contributed by atoms with Crippen molar-refractivity contribution in [1.29, 1.82) is 0 Å². The van der Waals surface area contributed by atoms with Crippen LogP contribution in [0.5, 0.6) is 11.5 Å². The largest absolute Gasteiger partial charge is 0.511 e. The van der Waals surface area contributed by atoms with Gasteiger partial charge in [0.2, 0.25) is 18.6 Å². The van der Waals surface area contributed by atoms with E-state index in [1.54, 1.807) is 28.1 Å². The van der Waals surface area contributed by atoms with Crippen LogP contribution >= 0.6 is 0 Å². The fraction of sp³-hybridized carbons (Fsp3) is 0.750. The number of methoxy groups -OCH3 is 2. The molecule has 0 spiro atoms. The number of ether oxygens (including phenoxy) is 7. The van der Waals surface area contributed by atoms with Crippen LogP contribution < -0.4 is 20.5 Å². The summed E-state index contributed by atoms with van der Waals surface area (Å²) in [6.07, 6.45) is 1.31. The van der Waals surface area contributed by atoms with E-state index in [9.17, 15) is 19.2 Å². The monoisotopic (exact) mass is 778 g/mol. The Labute approximate surface area is 327 Å². The fourth-order valence-electron chi connectivity index (χ4n) is 6.77. The van der Waals surface area contributed by atoms with Crippen molar-refractivity contribution < 1.29 is 52.3 Å². The molecule has 2 heterocycles. The molecule has 0 radical (unpaired) electrons. The topological polar surface area (TPSA) is 177 Å². The number of hydrogen-bond acceptors (Lipinski definition) is 12. The van der Waals surface area contributed by atoms with Crippen LogP contribution in [0.2, 0.25) is 0 Å². The van der Waals surface area contributed by atoms with Gasteiger partial charge in [-0.05, 0) is 88.4 Å². The lowest BCUT2D eigenvalue weighted by molar-refractivity contribution is -0.130. The van der Waals surface area contributed by atoms with E-state index in [4.69, 9.17) is 38.9 Å². The second kappa shape index (κ2) is 22.1. The van der Waals surface area contributed by atoms with E-state index >= 15 is 0 Å². The number of nitrogens with one attached hydrogen (secondary N) is 1. The Kier molecular flexibility index (Phi) is 18.3. The van der Waals surface area contributed by atoms with Crippen molar-refractivity contribution in [2.45, 2.75) is 98.3 Å². The number of amides is 3. The Morgan fingerprint density at radius 1 is 0.982 bits per heavy atom. The maximum absolute atomic E-state index is 13.6. The van der Waals surface area contributed by atoms with Crippen molar-refractivity contribution in [3.8, 4) is 11.5 Å². The van der Waals surface area contributed by atoms with Gasteiger partial charge in [0.15, 0.2) is 11.5 Å². The molecule has 55 heavy (non-hydrogen) atoms. The quantitative estimate of drug-likeness (QED) is 0.0975. The third kappa shape index (κ3) is 14.3. The van der Waals surface area contributed by atoms with Crippen molar-refractivity contribution in [1.82, 2.24) is 15.1 Å². The first-order valence-electron chi connectivity index (χ1n) is 19.5. The van der Waals surface area contributed by atoms with Crippen LogP contribution in [0.25, 0.3) is 0 Å². The molecule has 0 saturated carbocycles. The summed E-state index contributed by atoms with van der Waals surface area (Å²) in [4.78, 5) is 55.2.